The largest absolute Gasteiger partial charge is 0.480 e. The number of carbonyl (C=O) groups is 1. The Hall–Kier alpha value is -1.79. The van der Waals surface area contributed by atoms with Gasteiger partial charge in [-0.3, -0.25) is 10.2 Å². The maximum Gasteiger partial charge on any atom is 0.281 e. The minimum Gasteiger partial charge on any atom is -0.480 e. The minimum atomic E-state index is -0.388. The maximum atomic E-state index is 11.5. The Labute approximate surface area is 102 Å². The van der Waals surface area contributed by atoms with Crippen molar-refractivity contribution < 1.29 is 9.53 Å². The van der Waals surface area contributed by atoms with Gasteiger partial charge in [-0.1, -0.05) is 11.6 Å². The van der Waals surface area contributed by atoms with Gasteiger partial charge in [0, 0.05) is 7.05 Å². The number of fused-ring (bicyclic) bond motifs is 1. The van der Waals surface area contributed by atoms with Gasteiger partial charge in [0.1, 0.15) is 10.7 Å². The molecule has 3 N–H and O–H groups in total. The summed E-state index contributed by atoms with van der Waals surface area (Å²) >= 11 is 5.97. The summed E-state index contributed by atoms with van der Waals surface area (Å²) in [6, 6.07) is 3.31. The molecule has 0 unspecified atom stereocenters. The molecule has 0 aromatic carbocycles. The summed E-state index contributed by atoms with van der Waals surface area (Å²) in [5.41, 5.74) is 3.83. The number of carbonyl (C=O) groups excluding carboxylic acids is 1. The molecule has 2 rings (SSSR count). The number of nitrogens with two attached hydrogens (primary N) is 1. The molecule has 0 aliphatic rings. The van der Waals surface area contributed by atoms with Crippen LogP contribution in [0, 0.1) is 0 Å². The third kappa shape index (κ3) is 1.81. The average molecular weight is 255 g/mol. The molecular formula is C10H11ClN4O2. The highest BCUT2D eigenvalue weighted by Crippen LogP contribution is 2.27. The Kier molecular flexibility index (Phi) is 2.91. The molecular weight excluding hydrogens is 244 g/mol. The Bertz CT molecular complexity index is 593. The number of hydrogen-bond acceptors (Lipinski definition) is 4. The minimum absolute atomic E-state index is 0.324. The topological polar surface area (TPSA) is 82.2 Å². The third-order valence-corrected chi connectivity index (χ3v) is 2.78. The van der Waals surface area contributed by atoms with Gasteiger partial charge in [0.05, 0.1) is 18.1 Å². The number of hydrogen-bond donors (Lipinski definition) is 2. The number of aromatic nitrogens is 2. The van der Waals surface area contributed by atoms with E-state index in [1.807, 2.05) is 0 Å². The number of aryl methyl sites for hydroxylation is 1. The maximum absolute atomic E-state index is 11.5. The van der Waals surface area contributed by atoms with E-state index in [-0.39, 0.29) is 5.91 Å². The van der Waals surface area contributed by atoms with Gasteiger partial charge >= 0.3 is 0 Å². The van der Waals surface area contributed by atoms with Crippen LogP contribution in [0.3, 0.4) is 0 Å². The number of nitrogens with zero attached hydrogens (tertiary/aromatic N) is 2. The van der Waals surface area contributed by atoms with Crippen molar-refractivity contribution in [1.29, 1.82) is 0 Å². The smallest absolute Gasteiger partial charge is 0.281 e. The fourth-order valence-corrected chi connectivity index (χ4v) is 1.86. The highest BCUT2D eigenvalue weighted by molar-refractivity contribution is 6.32. The lowest BCUT2D eigenvalue weighted by Gasteiger charge is -2.04. The number of pyridine rings is 1. The molecule has 0 aliphatic heterocycles. The van der Waals surface area contributed by atoms with E-state index >= 15 is 0 Å². The van der Waals surface area contributed by atoms with E-state index in [1.54, 1.807) is 23.7 Å². The van der Waals surface area contributed by atoms with Crippen LogP contribution in [-0.2, 0) is 7.05 Å². The zero-order valence-corrected chi connectivity index (χ0v) is 10.1. The van der Waals surface area contributed by atoms with Crippen LogP contribution in [0.25, 0.3) is 11.0 Å². The van der Waals surface area contributed by atoms with Gasteiger partial charge in [-0.2, -0.15) is 0 Å². The molecule has 0 spiro atoms. The number of rotatable bonds is 2. The predicted octanol–water partition coefficient (Wildman–Crippen LogP) is 0.839. The lowest BCUT2D eigenvalue weighted by Crippen LogP contribution is -2.31. The molecule has 7 heteroatoms. The fraction of sp³-hybridized carbons (Fsp3) is 0.200. The van der Waals surface area contributed by atoms with Crippen LogP contribution in [-0.4, -0.2) is 22.6 Å². The van der Waals surface area contributed by atoms with Crippen LogP contribution in [0.1, 0.15) is 10.5 Å². The fourth-order valence-electron chi connectivity index (χ4n) is 1.64. The Morgan fingerprint density at radius 3 is 2.88 bits per heavy atom. The molecule has 0 fully saturated rings. The van der Waals surface area contributed by atoms with Gasteiger partial charge in [0.15, 0.2) is 0 Å². The molecule has 0 aliphatic carbocycles. The van der Waals surface area contributed by atoms with E-state index in [0.29, 0.717) is 22.1 Å². The first kappa shape index (κ1) is 11.7. The highest BCUT2D eigenvalue weighted by atomic mass is 35.5. The molecule has 0 bridgehead atoms. The summed E-state index contributed by atoms with van der Waals surface area (Å²) in [7, 11) is 3.22. The zero-order valence-electron chi connectivity index (χ0n) is 9.32. The van der Waals surface area contributed by atoms with Crippen molar-refractivity contribution in [2.45, 2.75) is 0 Å². The summed E-state index contributed by atoms with van der Waals surface area (Å²) in [6.45, 7) is 0. The van der Waals surface area contributed by atoms with Crippen LogP contribution in [0.2, 0.25) is 5.02 Å². The number of ether oxygens (including phenoxy) is 1. The van der Waals surface area contributed by atoms with Gasteiger partial charge in [-0.15, -0.1) is 0 Å². The highest BCUT2D eigenvalue weighted by Gasteiger charge is 2.15. The van der Waals surface area contributed by atoms with Crippen LogP contribution >= 0.6 is 11.6 Å². The summed E-state index contributed by atoms with van der Waals surface area (Å²) in [6.07, 6.45) is 0. The number of halogens is 1. The molecule has 0 atom stereocenters. The molecule has 0 saturated heterocycles. The van der Waals surface area contributed by atoms with Crippen molar-refractivity contribution in [2.24, 2.45) is 12.9 Å². The summed E-state index contributed by atoms with van der Waals surface area (Å²) in [4.78, 5) is 15.7. The van der Waals surface area contributed by atoms with Crippen molar-refractivity contribution in [2.75, 3.05) is 7.11 Å². The second-order valence-corrected chi connectivity index (χ2v) is 3.85. The number of hydrazine groups is 1. The molecule has 2 aromatic heterocycles. The van der Waals surface area contributed by atoms with Gasteiger partial charge in [-0.25, -0.2) is 10.8 Å². The normalized spacial score (nSPS) is 10.6. The molecule has 2 heterocycles. The second-order valence-electron chi connectivity index (χ2n) is 3.45. The lowest BCUT2D eigenvalue weighted by atomic mass is 10.3. The van der Waals surface area contributed by atoms with E-state index in [9.17, 15) is 4.79 Å². The van der Waals surface area contributed by atoms with Crippen molar-refractivity contribution in [3.8, 4) is 5.88 Å². The summed E-state index contributed by atoms with van der Waals surface area (Å²) < 4.78 is 6.67. The number of methoxy groups -OCH3 is 1. The van der Waals surface area contributed by atoms with E-state index in [2.05, 4.69) is 10.4 Å². The molecule has 1 amide bonds. The molecule has 90 valence electrons. The first-order valence-corrected chi connectivity index (χ1v) is 5.17. The van der Waals surface area contributed by atoms with Gasteiger partial charge in [-0.05, 0) is 12.1 Å². The Morgan fingerprint density at radius 2 is 2.29 bits per heavy atom. The monoisotopic (exact) mass is 254 g/mol. The number of nitrogens with one attached hydrogen (secondary N) is 1. The molecule has 0 saturated carbocycles. The van der Waals surface area contributed by atoms with Crippen LogP contribution in [0.15, 0.2) is 12.1 Å². The summed E-state index contributed by atoms with van der Waals surface area (Å²) in [5.74, 6) is 5.03. The Balaban J connectivity index is 2.69. The second kappa shape index (κ2) is 4.23. The van der Waals surface area contributed by atoms with E-state index in [0.717, 1.165) is 5.52 Å². The zero-order chi connectivity index (χ0) is 12.6. The van der Waals surface area contributed by atoms with Gasteiger partial charge < -0.3 is 9.30 Å². The van der Waals surface area contributed by atoms with E-state index in [1.165, 1.54) is 7.11 Å². The van der Waals surface area contributed by atoms with Crippen LogP contribution in [0.4, 0.5) is 0 Å². The lowest BCUT2D eigenvalue weighted by molar-refractivity contribution is 0.0946. The number of amides is 1. The Morgan fingerprint density at radius 1 is 1.59 bits per heavy atom. The van der Waals surface area contributed by atoms with E-state index in [4.69, 9.17) is 22.2 Å². The SMILES string of the molecule is COc1nc2cc(C(=O)NN)n(C)c2cc1Cl. The van der Waals surface area contributed by atoms with Crippen molar-refractivity contribution in [1.82, 2.24) is 15.0 Å². The van der Waals surface area contributed by atoms with Gasteiger partial charge in [0.2, 0.25) is 5.88 Å². The standard InChI is InChI=1S/C10H11ClN4O2/c1-15-7-3-5(11)10(17-2)13-6(7)4-8(15)9(16)14-12/h3-4H,12H2,1-2H3,(H,14,16). The molecule has 6 nitrogen and oxygen atoms in total. The predicted molar refractivity (Wildman–Crippen MR) is 63.9 cm³/mol. The van der Waals surface area contributed by atoms with Crippen molar-refractivity contribution in [3.05, 3.63) is 22.8 Å². The molecule has 17 heavy (non-hydrogen) atoms. The van der Waals surface area contributed by atoms with E-state index < -0.39 is 0 Å². The first-order valence-electron chi connectivity index (χ1n) is 4.79. The van der Waals surface area contributed by atoms with Gasteiger partial charge in [0.25, 0.3) is 5.91 Å². The van der Waals surface area contributed by atoms with Crippen LogP contribution in [0.5, 0.6) is 5.88 Å². The average Bonchev–Trinajstić information content (AvgIpc) is 2.65. The summed E-state index contributed by atoms with van der Waals surface area (Å²) in [5, 5.41) is 0.390. The van der Waals surface area contributed by atoms with Crippen LogP contribution < -0.4 is 16.0 Å². The first-order chi connectivity index (χ1) is 8.08. The van der Waals surface area contributed by atoms with Crippen molar-refractivity contribution in [3.63, 3.8) is 0 Å². The third-order valence-electron chi connectivity index (χ3n) is 2.51. The molecule has 2 aromatic rings. The van der Waals surface area contributed by atoms with Crippen molar-refractivity contribution >= 4 is 28.5 Å². The quantitative estimate of drug-likeness (QED) is 0.473. The number of nitrogen functional groups attached to an aromatic ring is 1. The molecule has 0 radical (unpaired) electrons.